The minimum atomic E-state index is -0.783. The van der Waals surface area contributed by atoms with Gasteiger partial charge in [-0.25, -0.2) is 0 Å². The molecule has 0 spiro atoms. The molecule has 0 radical (unpaired) electrons. The molecule has 1 atom stereocenters. The van der Waals surface area contributed by atoms with E-state index in [4.69, 9.17) is 19.4 Å². The van der Waals surface area contributed by atoms with Crippen molar-refractivity contribution in [1.29, 1.82) is 0 Å². The van der Waals surface area contributed by atoms with Gasteiger partial charge in [-0.1, -0.05) is 35.5 Å². The van der Waals surface area contributed by atoms with Crippen LogP contribution in [-0.2, 0) is 11.3 Å². The Morgan fingerprint density at radius 3 is 2.56 bits per heavy atom. The van der Waals surface area contributed by atoms with Crippen molar-refractivity contribution in [3.05, 3.63) is 59.7 Å². The van der Waals surface area contributed by atoms with Crippen LogP contribution in [0.2, 0.25) is 0 Å². The van der Waals surface area contributed by atoms with Gasteiger partial charge in [0.1, 0.15) is 24.2 Å². The molecule has 0 aliphatic rings. The summed E-state index contributed by atoms with van der Waals surface area (Å²) in [6.45, 7) is 2.29. The molecule has 0 saturated heterocycles. The molecule has 1 unspecified atom stereocenters. The Balaban J connectivity index is 1.89. The van der Waals surface area contributed by atoms with Gasteiger partial charge in [-0.2, -0.15) is 0 Å². The van der Waals surface area contributed by atoms with Crippen LogP contribution in [0.5, 0.6) is 11.5 Å². The first-order chi connectivity index (χ1) is 12.1. The van der Waals surface area contributed by atoms with Crippen molar-refractivity contribution in [2.45, 2.75) is 19.6 Å². The Bertz CT molecular complexity index is 687. The molecule has 0 bridgehead atoms. The van der Waals surface area contributed by atoms with Gasteiger partial charge in [0.25, 0.3) is 0 Å². The number of oxime groups is 1. The lowest BCUT2D eigenvalue weighted by Crippen LogP contribution is -2.24. The van der Waals surface area contributed by atoms with Gasteiger partial charge in [-0.05, 0) is 24.6 Å². The molecule has 2 N–H and O–H groups in total. The highest BCUT2D eigenvalue weighted by Gasteiger charge is 2.12. The first-order valence-corrected chi connectivity index (χ1v) is 7.93. The molecule has 0 saturated carbocycles. The fourth-order valence-corrected chi connectivity index (χ4v) is 2.22. The van der Waals surface area contributed by atoms with E-state index in [9.17, 15) is 5.11 Å². The Morgan fingerprint density at radius 1 is 1.12 bits per heavy atom. The second-order valence-corrected chi connectivity index (χ2v) is 5.51. The Hall–Kier alpha value is -2.57. The smallest absolute Gasteiger partial charge is 0.132 e. The van der Waals surface area contributed by atoms with E-state index in [2.05, 4.69) is 5.16 Å². The molecule has 2 aromatic rings. The summed E-state index contributed by atoms with van der Waals surface area (Å²) in [5.41, 5.74) is 2.08. The number of benzene rings is 2. The van der Waals surface area contributed by atoms with E-state index in [0.717, 1.165) is 5.56 Å². The van der Waals surface area contributed by atoms with Crippen LogP contribution in [0.25, 0.3) is 0 Å². The molecule has 0 amide bonds. The maximum atomic E-state index is 10.0. The van der Waals surface area contributed by atoms with Crippen molar-refractivity contribution in [3.8, 4) is 11.5 Å². The maximum absolute atomic E-state index is 10.0. The standard InChI is InChI=1S/C19H23NO5/c1-14(20-22)18-9-8-17(23-2)10-19(18)25-13-16(21)12-24-11-15-6-4-3-5-7-15/h3-10,16,21-22H,11-13H2,1-2H3/b20-14+. The first-order valence-electron chi connectivity index (χ1n) is 7.93. The number of nitrogens with zero attached hydrogens (tertiary/aromatic N) is 1. The van der Waals surface area contributed by atoms with E-state index in [-0.39, 0.29) is 13.2 Å². The van der Waals surface area contributed by atoms with Gasteiger partial charge in [0.05, 0.1) is 26.0 Å². The molecule has 0 heterocycles. The van der Waals surface area contributed by atoms with E-state index < -0.39 is 6.10 Å². The van der Waals surface area contributed by atoms with Crippen LogP contribution in [0.3, 0.4) is 0 Å². The molecular weight excluding hydrogens is 322 g/mol. The number of ether oxygens (including phenoxy) is 3. The minimum absolute atomic E-state index is 0.0493. The summed E-state index contributed by atoms with van der Waals surface area (Å²) >= 11 is 0. The van der Waals surface area contributed by atoms with Crippen LogP contribution >= 0.6 is 0 Å². The van der Waals surface area contributed by atoms with Crippen LogP contribution in [0.1, 0.15) is 18.1 Å². The lowest BCUT2D eigenvalue weighted by Gasteiger charge is -2.16. The van der Waals surface area contributed by atoms with Crippen molar-refractivity contribution in [3.63, 3.8) is 0 Å². The highest BCUT2D eigenvalue weighted by Crippen LogP contribution is 2.25. The van der Waals surface area contributed by atoms with Crippen LogP contribution in [0.4, 0.5) is 0 Å². The highest BCUT2D eigenvalue weighted by atomic mass is 16.5. The van der Waals surface area contributed by atoms with Gasteiger partial charge in [0.15, 0.2) is 0 Å². The van der Waals surface area contributed by atoms with Gasteiger partial charge in [0, 0.05) is 11.6 Å². The summed E-state index contributed by atoms with van der Waals surface area (Å²) in [5, 5.41) is 22.2. The summed E-state index contributed by atoms with van der Waals surface area (Å²) in [6.07, 6.45) is -0.783. The third-order valence-corrected chi connectivity index (χ3v) is 3.58. The van der Waals surface area contributed by atoms with E-state index in [1.54, 1.807) is 32.2 Å². The van der Waals surface area contributed by atoms with Gasteiger partial charge in [-0.3, -0.25) is 0 Å². The summed E-state index contributed by atoms with van der Waals surface area (Å²) in [7, 11) is 1.55. The average Bonchev–Trinajstić information content (AvgIpc) is 2.66. The van der Waals surface area contributed by atoms with Crippen LogP contribution in [0.15, 0.2) is 53.7 Å². The summed E-state index contributed by atoms with van der Waals surface area (Å²) in [5.74, 6) is 1.08. The molecule has 2 aromatic carbocycles. The molecule has 0 aromatic heterocycles. The number of hydrogen-bond acceptors (Lipinski definition) is 6. The van der Waals surface area contributed by atoms with Crippen LogP contribution < -0.4 is 9.47 Å². The predicted molar refractivity (Wildman–Crippen MR) is 94.6 cm³/mol. The Kier molecular flexibility index (Phi) is 7.25. The third kappa shape index (κ3) is 5.77. The fourth-order valence-electron chi connectivity index (χ4n) is 2.22. The van der Waals surface area contributed by atoms with Crippen molar-refractivity contribution < 1.29 is 24.5 Å². The second kappa shape index (κ2) is 9.66. The number of rotatable bonds is 9. The largest absolute Gasteiger partial charge is 0.497 e. The molecule has 0 aliphatic heterocycles. The molecular formula is C19H23NO5. The molecule has 2 rings (SSSR count). The SMILES string of the molecule is COc1ccc(/C(C)=N/O)c(OCC(O)COCc2ccccc2)c1. The van der Waals surface area contributed by atoms with Crippen LogP contribution in [-0.4, -0.2) is 42.5 Å². The lowest BCUT2D eigenvalue weighted by atomic mass is 10.1. The highest BCUT2D eigenvalue weighted by molar-refractivity contribution is 6.00. The topological polar surface area (TPSA) is 80.5 Å². The first kappa shape index (κ1) is 18.8. The third-order valence-electron chi connectivity index (χ3n) is 3.58. The minimum Gasteiger partial charge on any atom is -0.497 e. The van der Waals surface area contributed by atoms with Gasteiger partial charge < -0.3 is 24.5 Å². The van der Waals surface area contributed by atoms with Gasteiger partial charge in [0.2, 0.25) is 0 Å². The van der Waals surface area contributed by atoms with Crippen LogP contribution in [0, 0.1) is 0 Å². The van der Waals surface area contributed by atoms with Gasteiger partial charge >= 0.3 is 0 Å². The molecule has 0 aliphatic carbocycles. The van der Waals surface area contributed by atoms with Crippen molar-refractivity contribution >= 4 is 5.71 Å². The van der Waals surface area contributed by atoms with Crippen molar-refractivity contribution in [2.75, 3.05) is 20.3 Å². The number of methoxy groups -OCH3 is 1. The zero-order chi connectivity index (χ0) is 18.1. The molecule has 25 heavy (non-hydrogen) atoms. The summed E-state index contributed by atoms with van der Waals surface area (Å²) in [4.78, 5) is 0. The second-order valence-electron chi connectivity index (χ2n) is 5.51. The normalized spacial score (nSPS) is 12.7. The monoisotopic (exact) mass is 345 g/mol. The van der Waals surface area contributed by atoms with E-state index in [1.165, 1.54) is 0 Å². The lowest BCUT2D eigenvalue weighted by molar-refractivity contribution is 0.00542. The fraction of sp³-hybridized carbons (Fsp3) is 0.316. The number of aliphatic hydroxyl groups excluding tert-OH is 1. The Labute approximate surface area is 147 Å². The summed E-state index contributed by atoms with van der Waals surface area (Å²) < 4.78 is 16.3. The number of hydrogen-bond donors (Lipinski definition) is 2. The number of aliphatic hydroxyl groups is 1. The van der Waals surface area contributed by atoms with E-state index >= 15 is 0 Å². The maximum Gasteiger partial charge on any atom is 0.132 e. The predicted octanol–water partition coefficient (Wildman–Crippen LogP) is 2.85. The van der Waals surface area contributed by atoms with Crippen molar-refractivity contribution in [1.82, 2.24) is 0 Å². The molecule has 6 nitrogen and oxygen atoms in total. The Morgan fingerprint density at radius 2 is 1.88 bits per heavy atom. The van der Waals surface area contributed by atoms with Crippen molar-refractivity contribution in [2.24, 2.45) is 5.16 Å². The molecule has 6 heteroatoms. The van der Waals surface area contributed by atoms with Gasteiger partial charge in [-0.15, -0.1) is 0 Å². The zero-order valence-corrected chi connectivity index (χ0v) is 14.4. The molecule has 134 valence electrons. The molecule has 0 fully saturated rings. The van der Waals surface area contributed by atoms with E-state index in [0.29, 0.717) is 29.4 Å². The zero-order valence-electron chi connectivity index (χ0n) is 14.4. The van der Waals surface area contributed by atoms with E-state index in [1.807, 2.05) is 30.3 Å². The summed E-state index contributed by atoms with van der Waals surface area (Å²) in [6, 6.07) is 14.9. The average molecular weight is 345 g/mol. The quantitative estimate of drug-likeness (QED) is 0.415.